The fraction of sp³-hybridized carbons (Fsp3) is 0.105. The van der Waals surface area contributed by atoms with Gasteiger partial charge in [0.1, 0.15) is 11.6 Å². The molecular weight excluding hydrogens is 306 g/mol. The number of ether oxygens (including phenoxy) is 2. The molecular formula is C19H15NO2S. The average Bonchev–Trinajstić information content (AvgIpc) is 3.01. The van der Waals surface area contributed by atoms with Crippen LogP contribution in [-0.2, 0) is 0 Å². The number of hydrogen-bond acceptors (Lipinski definition) is 4. The highest BCUT2D eigenvalue weighted by molar-refractivity contribution is 7.19. The van der Waals surface area contributed by atoms with E-state index in [0.29, 0.717) is 11.5 Å². The monoisotopic (exact) mass is 321 g/mol. The van der Waals surface area contributed by atoms with Crippen LogP contribution in [-0.4, -0.2) is 18.7 Å². The Morgan fingerprint density at radius 2 is 2.04 bits per heavy atom. The minimum Gasteiger partial charge on any atom is -0.493 e. The van der Waals surface area contributed by atoms with E-state index in [1.807, 2.05) is 48.6 Å². The molecule has 0 unspecified atom stereocenters. The minimum absolute atomic E-state index is 0.219. The van der Waals surface area contributed by atoms with Crippen molar-refractivity contribution in [2.24, 2.45) is 0 Å². The number of fused-ring (bicyclic) bond motifs is 1. The third kappa shape index (κ3) is 3.53. The normalized spacial score (nSPS) is 10.8. The number of hydrogen-bond donors (Lipinski definition) is 0. The lowest BCUT2D eigenvalue weighted by Crippen LogP contribution is -1.96. The number of para-hydroxylation sites is 1. The Morgan fingerprint density at radius 1 is 1.17 bits per heavy atom. The third-order valence-corrected chi connectivity index (χ3v) is 4.23. The van der Waals surface area contributed by atoms with E-state index in [1.54, 1.807) is 18.4 Å². The van der Waals surface area contributed by atoms with Crippen LogP contribution in [0.5, 0.6) is 11.5 Å². The molecule has 0 atom stereocenters. The first-order valence-corrected chi connectivity index (χ1v) is 7.90. The topological polar surface area (TPSA) is 31.4 Å². The Balaban J connectivity index is 1.82. The number of terminal acetylenes is 1. The molecule has 114 valence electrons. The van der Waals surface area contributed by atoms with E-state index >= 15 is 0 Å². The zero-order valence-corrected chi connectivity index (χ0v) is 13.5. The Labute approximate surface area is 139 Å². The molecule has 0 bridgehead atoms. The van der Waals surface area contributed by atoms with Crippen molar-refractivity contribution in [1.29, 1.82) is 0 Å². The van der Waals surface area contributed by atoms with Crippen LogP contribution in [0.1, 0.15) is 10.6 Å². The van der Waals surface area contributed by atoms with Gasteiger partial charge in [0, 0.05) is 0 Å². The van der Waals surface area contributed by atoms with E-state index in [0.717, 1.165) is 16.1 Å². The van der Waals surface area contributed by atoms with Crippen LogP contribution < -0.4 is 9.47 Å². The van der Waals surface area contributed by atoms with Crippen LogP contribution in [0, 0.1) is 12.3 Å². The van der Waals surface area contributed by atoms with E-state index in [-0.39, 0.29) is 6.61 Å². The summed E-state index contributed by atoms with van der Waals surface area (Å²) in [5, 5.41) is 0.970. The van der Waals surface area contributed by atoms with Crippen molar-refractivity contribution in [1.82, 2.24) is 4.98 Å². The van der Waals surface area contributed by atoms with Gasteiger partial charge in [-0.2, -0.15) is 0 Å². The maximum atomic E-state index is 5.44. The van der Waals surface area contributed by atoms with Gasteiger partial charge < -0.3 is 9.47 Å². The highest BCUT2D eigenvalue weighted by Gasteiger charge is 2.04. The second-order valence-corrected chi connectivity index (χ2v) is 5.82. The van der Waals surface area contributed by atoms with E-state index in [4.69, 9.17) is 15.9 Å². The van der Waals surface area contributed by atoms with Crippen LogP contribution in [0.3, 0.4) is 0 Å². The number of rotatable bonds is 5. The maximum Gasteiger partial charge on any atom is 0.162 e. The predicted molar refractivity (Wildman–Crippen MR) is 95.9 cm³/mol. The number of methoxy groups -OCH3 is 1. The van der Waals surface area contributed by atoms with Crippen molar-refractivity contribution in [2.45, 2.75) is 0 Å². The largest absolute Gasteiger partial charge is 0.493 e. The van der Waals surface area contributed by atoms with Gasteiger partial charge in [0.15, 0.2) is 11.5 Å². The summed E-state index contributed by atoms with van der Waals surface area (Å²) in [6, 6.07) is 13.8. The summed E-state index contributed by atoms with van der Waals surface area (Å²) in [6.45, 7) is 0.219. The smallest absolute Gasteiger partial charge is 0.162 e. The van der Waals surface area contributed by atoms with Gasteiger partial charge in [-0.05, 0) is 35.9 Å². The molecule has 2 aromatic carbocycles. The highest BCUT2D eigenvalue weighted by atomic mass is 32.1. The fourth-order valence-electron chi connectivity index (χ4n) is 2.16. The summed E-state index contributed by atoms with van der Waals surface area (Å²) in [6.07, 6.45) is 9.22. The molecule has 3 rings (SSSR count). The van der Waals surface area contributed by atoms with Crippen molar-refractivity contribution < 1.29 is 9.47 Å². The van der Waals surface area contributed by atoms with Gasteiger partial charge >= 0.3 is 0 Å². The number of nitrogens with zero attached hydrogens (tertiary/aromatic N) is 1. The van der Waals surface area contributed by atoms with Crippen LogP contribution >= 0.6 is 11.3 Å². The number of aromatic nitrogens is 1. The highest BCUT2D eigenvalue weighted by Crippen LogP contribution is 2.29. The summed E-state index contributed by atoms with van der Waals surface area (Å²) in [5.41, 5.74) is 2.03. The molecule has 3 aromatic rings. The number of thiazole rings is 1. The van der Waals surface area contributed by atoms with Gasteiger partial charge in [-0.25, -0.2) is 4.98 Å². The van der Waals surface area contributed by atoms with Gasteiger partial charge in [0.05, 0.1) is 17.3 Å². The Hall–Kier alpha value is -2.77. The summed E-state index contributed by atoms with van der Waals surface area (Å²) in [5.74, 6) is 3.74. The molecule has 0 saturated heterocycles. The SMILES string of the molecule is C#CCOc1ccc(/C=C/c2nc3ccccc3s2)cc1OC. The molecule has 0 radical (unpaired) electrons. The molecule has 0 aliphatic rings. The third-order valence-electron chi connectivity index (χ3n) is 3.23. The van der Waals surface area contributed by atoms with Crippen molar-refractivity contribution >= 4 is 33.7 Å². The van der Waals surface area contributed by atoms with Gasteiger partial charge in [0.25, 0.3) is 0 Å². The molecule has 23 heavy (non-hydrogen) atoms. The standard InChI is InChI=1S/C19H15NO2S/c1-3-12-22-16-10-8-14(13-17(16)21-2)9-11-19-20-15-6-4-5-7-18(15)23-19/h1,4-11,13H,12H2,2H3/b11-9+. The second-order valence-electron chi connectivity index (χ2n) is 4.76. The molecule has 0 fully saturated rings. The molecule has 0 spiro atoms. The first-order chi connectivity index (χ1) is 11.3. The molecule has 4 heteroatoms. The first kappa shape index (κ1) is 15.1. The zero-order chi connectivity index (χ0) is 16.1. The molecule has 0 amide bonds. The fourth-order valence-corrected chi connectivity index (χ4v) is 3.03. The van der Waals surface area contributed by atoms with Crippen LogP contribution in [0.2, 0.25) is 0 Å². The first-order valence-electron chi connectivity index (χ1n) is 7.08. The van der Waals surface area contributed by atoms with Crippen LogP contribution in [0.15, 0.2) is 42.5 Å². The van der Waals surface area contributed by atoms with Crippen LogP contribution in [0.4, 0.5) is 0 Å². The molecule has 3 nitrogen and oxygen atoms in total. The minimum atomic E-state index is 0.219. The molecule has 1 aromatic heterocycles. The predicted octanol–water partition coefficient (Wildman–Crippen LogP) is 4.49. The second kappa shape index (κ2) is 6.99. The average molecular weight is 321 g/mol. The lowest BCUT2D eigenvalue weighted by atomic mass is 10.2. The quantitative estimate of drug-likeness (QED) is 0.649. The summed E-state index contributed by atoms with van der Waals surface area (Å²) in [4.78, 5) is 4.58. The van der Waals surface area contributed by atoms with Crippen LogP contribution in [0.25, 0.3) is 22.4 Å². The van der Waals surface area contributed by atoms with E-state index < -0.39 is 0 Å². The maximum absolute atomic E-state index is 5.44. The molecule has 1 heterocycles. The lowest BCUT2D eigenvalue weighted by Gasteiger charge is -2.09. The van der Waals surface area contributed by atoms with E-state index in [1.165, 1.54) is 4.70 Å². The van der Waals surface area contributed by atoms with Crippen molar-refractivity contribution in [3.63, 3.8) is 0 Å². The van der Waals surface area contributed by atoms with Crippen molar-refractivity contribution in [3.8, 4) is 23.8 Å². The lowest BCUT2D eigenvalue weighted by molar-refractivity contribution is 0.331. The van der Waals surface area contributed by atoms with E-state index in [9.17, 15) is 0 Å². The molecule has 0 saturated carbocycles. The summed E-state index contributed by atoms with van der Waals surface area (Å²) < 4.78 is 12.0. The molecule has 0 N–H and O–H groups in total. The van der Waals surface area contributed by atoms with Crippen molar-refractivity contribution in [3.05, 3.63) is 53.0 Å². The van der Waals surface area contributed by atoms with Gasteiger partial charge in [-0.1, -0.05) is 30.2 Å². The zero-order valence-electron chi connectivity index (χ0n) is 12.7. The van der Waals surface area contributed by atoms with Gasteiger partial charge in [-0.3, -0.25) is 0 Å². The summed E-state index contributed by atoms with van der Waals surface area (Å²) >= 11 is 1.66. The molecule has 0 aliphatic carbocycles. The Bertz CT molecular complexity index is 857. The van der Waals surface area contributed by atoms with Crippen molar-refractivity contribution in [2.75, 3.05) is 13.7 Å². The van der Waals surface area contributed by atoms with Gasteiger partial charge in [0.2, 0.25) is 0 Å². The Kier molecular flexibility index (Phi) is 4.60. The number of benzene rings is 2. The van der Waals surface area contributed by atoms with E-state index in [2.05, 4.69) is 17.0 Å². The van der Waals surface area contributed by atoms with Gasteiger partial charge in [-0.15, -0.1) is 17.8 Å². The molecule has 0 aliphatic heterocycles. The Morgan fingerprint density at radius 3 is 2.83 bits per heavy atom. The summed E-state index contributed by atoms with van der Waals surface area (Å²) in [7, 11) is 1.61.